The van der Waals surface area contributed by atoms with E-state index in [0.717, 1.165) is 43.3 Å². The predicted molar refractivity (Wildman–Crippen MR) is 202 cm³/mol. The van der Waals surface area contributed by atoms with E-state index in [-0.39, 0.29) is 40.2 Å². The molecule has 3 aromatic rings. The highest BCUT2D eigenvalue weighted by Crippen LogP contribution is 2.54. The summed E-state index contributed by atoms with van der Waals surface area (Å²) in [6.07, 6.45) is 5.02. The van der Waals surface area contributed by atoms with Crippen LogP contribution < -0.4 is 4.74 Å². The van der Waals surface area contributed by atoms with Crippen molar-refractivity contribution in [3.63, 3.8) is 0 Å². The Morgan fingerprint density at radius 1 is 0.863 bits per heavy atom. The fraction of sp³-hybridized carbons (Fsp3) is 0.447. The van der Waals surface area contributed by atoms with Crippen molar-refractivity contribution in [1.82, 2.24) is 14.7 Å². The molecule has 3 aliphatic heterocycles. The van der Waals surface area contributed by atoms with Gasteiger partial charge in [0.2, 0.25) is 5.91 Å². The number of carbonyl (C=O) groups excluding carboxylic acids is 2. The van der Waals surface area contributed by atoms with Crippen LogP contribution in [0.4, 0.5) is 4.79 Å². The number of benzene rings is 3. The summed E-state index contributed by atoms with van der Waals surface area (Å²) in [4.78, 5) is 38.9. The smallest absolute Gasteiger partial charge is 0.326 e. The summed E-state index contributed by atoms with van der Waals surface area (Å²) >= 11 is 19.3. The zero-order valence-electron chi connectivity index (χ0n) is 29.3. The second kappa shape index (κ2) is 14.6. The first kappa shape index (κ1) is 37.4. The Bertz CT molecular complexity index is 1940. The van der Waals surface area contributed by atoms with Gasteiger partial charge in [-0.2, -0.15) is 0 Å². The topological polar surface area (TPSA) is 99.6 Å². The van der Waals surface area contributed by atoms with E-state index >= 15 is 4.79 Å². The first-order valence-corrected chi connectivity index (χ1v) is 20.4. The quantitative estimate of drug-likeness (QED) is 0.230. The van der Waals surface area contributed by atoms with Crippen LogP contribution in [0, 0.1) is 5.92 Å². The maximum Gasteiger partial charge on any atom is 0.326 e. The average molecular weight is 774 g/mol. The number of halogens is 3. The molecular weight excluding hydrogens is 731 g/mol. The molecule has 272 valence electrons. The van der Waals surface area contributed by atoms with Crippen molar-refractivity contribution in [3.05, 3.63) is 92.4 Å². The van der Waals surface area contributed by atoms with Gasteiger partial charge in [0.1, 0.15) is 22.7 Å². The highest BCUT2D eigenvalue weighted by atomic mass is 35.5. The van der Waals surface area contributed by atoms with Crippen LogP contribution in [0.1, 0.15) is 69.6 Å². The first-order valence-electron chi connectivity index (χ1n) is 17.3. The van der Waals surface area contributed by atoms with E-state index in [1.165, 1.54) is 12.1 Å². The normalized spacial score (nSPS) is 22.7. The number of amides is 3. The second-order valence-corrected chi connectivity index (χ2v) is 17.2. The Hall–Kier alpha value is -3.31. The Kier molecular flexibility index (Phi) is 10.7. The maximum absolute atomic E-state index is 15.2. The van der Waals surface area contributed by atoms with E-state index < -0.39 is 20.9 Å². The van der Waals surface area contributed by atoms with Crippen LogP contribution in [-0.4, -0.2) is 79.9 Å². The molecular formula is C38H43Cl3N4O5S. The molecule has 0 radical (unpaired) electrons. The fourth-order valence-electron chi connectivity index (χ4n) is 7.65. The van der Waals surface area contributed by atoms with Crippen LogP contribution in [0.5, 0.6) is 5.75 Å². The van der Waals surface area contributed by atoms with Gasteiger partial charge in [0.15, 0.2) is 9.84 Å². The summed E-state index contributed by atoms with van der Waals surface area (Å²) in [5, 5.41) is 1.09. The summed E-state index contributed by atoms with van der Waals surface area (Å²) in [5.41, 5.74) is -0.427. The lowest BCUT2D eigenvalue weighted by Gasteiger charge is -2.47. The summed E-state index contributed by atoms with van der Waals surface area (Å²) in [5.74, 6) is 0.901. The van der Waals surface area contributed by atoms with Crippen molar-refractivity contribution in [2.75, 3.05) is 39.0 Å². The molecule has 2 atom stereocenters. The molecule has 0 bridgehead atoms. The fourth-order valence-corrected chi connectivity index (χ4v) is 9.22. The van der Waals surface area contributed by atoms with Gasteiger partial charge in [0.05, 0.1) is 22.1 Å². The molecule has 3 aromatic carbocycles. The zero-order chi connectivity index (χ0) is 36.7. The third-order valence-electron chi connectivity index (χ3n) is 10.7. The van der Waals surface area contributed by atoms with E-state index in [0.29, 0.717) is 53.7 Å². The van der Waals surface area contributed by atoms with E-state index in [2.05, 4.69) is 0 Å². The first-order chi connectivity index (χ1) is 24.2. The van der Waals surface area contributed by atoms with Crippen LogP contribution in [0.15, 0.2) is 70.6 Å². The molecule has 6 rings (SSSR count). The molecule has 0 aromatic heterocycles. The van der Waals surface area contributed by atoms with Crippen LogP contribution in [-0.2, 0) is 25.7 Å². The van der Waals surface area contributed by atoms with Gasteiger partial charge in [-0.25, -0.2) is 13.2 Å². The molecule has 2 fully saturated rings. The number of aliphatic imine (C=N–C) groups is 1. The molecule has 9 nitrogen and oxygen atoms in total. The minimum Gasteiger partial charge on any atom is -0.493 e. The van der Waals surface area contributed by atoms with E-state index in [1.54, 1.807) is 29.2 Å². The van der Waals surface area contributed by atoms with Crippen LogP contribution in [0.3, 0.4) is 0 Å². The van der Waals surface area contributed by atoms with Crippen molar-refractivity contribution >= 4 is 62.4 Å². The Morgan fingerprint density at radius 3 is 1.98 bits per heavy atom. The number of hydrogen-bond acceptors (Lipinski definition) is 6. The van der Waals surface area contributed by atoms with Gasteiger partial charge < -0.3 is 14.5 Å². The van der Waals surface area contributed by atoms with Gasteiger partial charge in [-0.3, -0.25) is 14.7 Å². The van der Waals surface area contributed by atoms with E-state index in [4.69, 9.17) is 44.5 Å². The largest absolute Gasteiger partial charge is 0.493 e. The number of amidine groups is 1. The standard InChI is InChI=1S/C38H43Cl3N4O5S/c1-5-50-32-24-31(41)33(51(4,48)49)23-30(32)35-42-37(2,26-8-12-28(39)13-9-26)38(3,27-10-14-29(40)15-11-27)45(35)36(47)44-20-16-25(17-21-44)22-34(46)43-18-6-7-19-43/h8-15,23-25H,5-7,16-22H2,1-4H3/t37-,38+/m0/s1. The van der Waals surface area contributed by atoms with Gasteiger partial charge in [-0.1, -0.05) is 59.1 Å². The highest BCUT2D eigenvalue weighted by molar-refractivity contribution is 7.90. The Labute approximate surface area is 315 Å². The summed E-state index contributed by atoms with van der Waals surface area (Å²) in [6.45, 7) is 8.53. The summed E-state index contributed by atoms with van der Waals surface area (Å²) in [7, 11) is -3.79. The van der Waals surface area contributed by atoms with Crippen molar-refractivity contribution < 1.29 is 22.7 Å². The highest BCUT2D eigenvalue weighted by Gasteiger charge is 2.60. The van der Waals surface area contributed by atoms with Crippen molar-refractivity contribution in [1.29, 1.82) is 0 Å². The number of ether oxygens (including phenoxy) is 1. The average Bonchev–Trinajstić information content (AvgIpc) is 3.71. The maximum atomic E-state index is 15.2. The number of carbonyl (C=O) groups is 2. The number of urea groups is 1. The minimum atomic E-state index is -3.79. The van der Waals surface area contributed by atoms with E-state index in [1.807, 2.05) is 54.8 Å². The van der Waals surface area contributed by atoms with Crippen molar-refractivity contribution in [2.45, 2.75) is 68.8 Å². The van der Waals surface area contributed by atoms with Gasteiger partial charge in [-0.15, -0.1) is 0 Å². The van der Waals surface area contributed by atoms with Gasteiger partial charge in [0.25, 0.3) is 0 Å². The molecule has 3 aliphatic rings. The van der Waals surface area contributed by atoms with Crippen LogP contribution >= 0.6 is 34.8 Å². The predicted octanol–water partition coefficient (Wildman–Crippen LogP) is 8.19. The lowest BCUT2D eigenvalue weighted by Crippen LogP contribution is -2.59. The number of rotatable bonds is 8. The molecule has 0 spiro atoms. The van der Waals surface area contributed by atoms with Crippen molar-refractivity contribution in [3.8, 4) is 5.75 Å². The van der Waals surface area contributed by atoms with Crippen LogP contribution in [0.2, 0.25) is 15.1 Å². The van der Waals surface area contributed by atoms with Gasteiger partial charge >= 0.3 is 6.03 Å². The molecule has 3 amide bonds. The third kappa shape index (κ3) is 7.09. The third-order valence-corrected chi connectivity index (χ3v) is 12.8. The number of likely N-dealkylation sites (tertiary alicyclic amines) is 2. The molecule has 0 aliphatic carbocycles. The molecule has 2 saturated heterocycles. The SMILES string of the molecule is CCOc1cc(Cl)c(S(C)(=O)=O)cc1C1=N[C@@](C)(c2ccc(Cl)cc2)[C@@](C)(c2ccc(Cl)cc2)N1C(=O)N1CCC(CC(=O)N2CCCC2)CC1. The van der Waals surface area contributed by atoms with Crippen molar-refractivity contribution in [2.24, 2.45) is 10.9 Å². The van der Waals surface area contributed by atoms with Crippen LogP contribution in [0.25, 0.3) is 0 Å². The number of nitrogens with zero attached hydrogens (tertiary/aromatic N) is 4. The number of sulfone groups is 1. The van der Waals surface area contributed by atoms with Gasteiger partial charge in [-0.05, 0) is 93.8 Å². The summed E-state index contributed by atoms with van der Waals surface area (Å²) < 4.78 is 32.1. The van der Waals surface area contributed by atoms with E-state index in [9.17, 15) is 13.2 Å². The molecule has 0 N–H and O–H groups in total. The summed E-state index contributed by atoms with van der Waals surface area (Å²) in [6, 6.07) is 17.3. The van der Waals surface area contributed by atoms with Gasteiger partial charge in [0, 0.05) is 55.0 Å². The minimum absolute atomic E-state index is 0.00708. The molecule has 3 heterocycles. The number of piperidine rings is 1. The Morgan fingerprint density at radius 2 is 1.43 bits per heavy atom. The molecule has 0 unspecified atom stereocenters. The zero-order valence-corrected chi connectivity index (χ0v) is 32.4. The monoisotopic (exact) mass is 772 g/mol. The Balaban J connectivity index is 1.50. The lowest BCUT2D eigenvalue weighted by atomic mass is 9.71. The molecule has 0 saturated carbocycles. The second-order valence-electron chi connectivity index (χ2n) is 13.9. The molecule has 13 heteroatoms. The lowest BCUT2D eigenvalue weighted by molar-refractivity contribution is -0.131. The molecule has 51 heavy (non-hydrogen) atoms. The number of hydrogen-bond donors (Lipinski definition) is 0.